The van der Waals surface area contributed by atoms with Crippen LogP contribution in [0.15, 0.2) is 35.5 Å². The zero-order valence-corrected chi connectivity index (χ0v) is 15.0. The van der Waals surface area contributed by atoms with Gasteiger partial charge in [-0.25, -0.2) is 0 Å². The van der Waals surface area contributed by atoms with Gasteiger partial charge in [-0.15, -0.1) is 0 Å². The number of Topliss-reactive ketones (excluding diaryl/α,β-unsaturated/α-hetero) is 2. The molecule has 1 saturated carbocycles. The fourth-order valence-electron chi connectivity index (χ4n) is 5.13. The molecule has 3 N–H and O–H groups in total. The molecule has 0 spiro atoms. The lowest BCUT2D eigenvalue weighted by Crippen LogP contribution is -2.62. The molecule has 0 aromatic carbocycles. The number of carbonyl (C=O) groups is 2. The van der Waals surface area contributed by atoms with Crippen LogP contribution in [0.2, 0.25) is 0 Å². The topological polar surface area (TPSA) is 94.8 Å². The Labute approximate surface area is 147 Å². The molecule has 0 amide bonds. The minimum absolute atomic E-state index is 0.00122. The van der Waals surface area contributed by atoms with Crippen LogP contribution in [0.1, 0.15) is 33.6 Å². The molecule has 1 fully saturated rings. The Morgan fingerprint density at radius 3 is 2.52 bits per heavy atom. The predicted octanol–water partition coefficient (Wildman–Crippen LogP) is 1.33. The van der Waals surface area contributed by atoms with Crippen LogP contribution in [0.4, 0.5) is 0 Å². The molecule has 0 aliphatic heterocycles. The Balaban J connectivity index is 2.26. The summed E-state index contributed by atoms with van der Waals surface area (Å²) in [5, 5.41) is 32.7. The monoisotopic (exact) mass is 346 g/mol. The van der Waals surface area contributed by atoms with Crippen molar-refractivity contribution in [2.24, 2.45) is 23.7 Å². The van der Waals surface area contributed by atoms with Gasteiger partial charge in [0.25, 0.3) is 0 Å². The zero-order chi connectivity index (χ0) is 18.7. The average molecular weight is 346 g/mol. The lowest BCUT2D eigenvalue weighted by Gasteiger charge is -2.51. The van der Waals surface area contributed by atoms with Gasteiger partial charge in [0.1, 0.15) is 11.4 Å². The van der Waals surface area contributed by atoms with E-state index in [4.69, 9.17) is 0 Å². The summed E-state index contributed by atoms with van der Waals surface area (Å²) in [6, 6.07) is 0. The average Bonchev–Trinajstić information content (AvgIpc) is 2.69. The number of aliphatic hydroxyl groups is 3. The van der Waals surface area contributed by atoms with Gasteiger partial charge in [0.15, 0.2) is 5.78 Å². The largest absolute Gasteiger partial charge is 0.392 e. The maximum Gasteiger partial charge on any atom is 0.190 e. The predicted molar refractivity (Wildman–Crippen MR) is 92.5 cm³/mol. The van der Waals surface area contributed by atoms with Gasteiger partial charge in [-0.05, 0) is 30.9 Å². The molecule has 5 heteroatoms. The fourth-order valence-corrected chi connectivity index (χ4v) is 5.13. The van der Waals surface area contributed by atoms with E-state index in [2.05, 4.69) is 6.58 Å². The van der Waals surface area contributed by atoms with Crippen LogP contribution in [0, 0.1) is 23.7 Å². The normalized spacial score (nSPS) is 43.8. The Hall–Kier alpha value is -1.56. The van der Waals surface area contributed by atoms with E-state index < -0.39 is 40.7 Å². The first-order valence-corrected chi connectivity index (χ1v) is 8.73. The molecule has 3 aliphatic rings. The summed E-state index contributed by atoms with van der Waals surface area (Å²) in [6.45, 7) is 8.75. The van der Waals surface area contributed by atoms with Gasteiger partial charge in [0.05, 0.1) is 12.2 Å². The van der Waals surface area contributed by atoms with E-state index in [0.717, 1.165) is 0 Å². The van der Waals surface area contributed by atoms with Crippen molar-refractivity contribution >= 4 is 11.6 Å². The maximum absolute atomic E-state index is 12.7. The Bertz CT molecular complexity index is 718. The third kappa shape index (κ3) is 2.33. The van der Waals surface area contributed by atoms with Gasteiger partial charge in [-0.1, -0.05) is 31.2 Å². The second-order valence-electron chi connectivity index (χ2n) is 8.05. The van der Waals surface area contributed by atoms with Gasteiger partial charge < -0.3 is 15.3 Å². The Morgan fingerprint density at radius 2 is 1.96 bits per heavy atom. The van der Waals surface area contributed by atoms with Gasteiger partial charge in [0.2, 0.25) is 0 Å². The molecule has 5 nitrogen and oxygen atoms in total. The van der Waals surface area contributed by atoms with Crippen molar-refractivity contribution in [1.82, 2.24) is 0 Å². The molecule has 136 valence electrons. The van der Waals surface area contributed by atoms with Crippen LogP contribution >= 0.6 is 0 Å². The van der Waals surface area contributed by atoms with Crippen LogP contribution in [0.5, 0.6) is 0 Å². The Kier molecular flexibility index (Phi) is 4.18. The van der Waals surface area contributed by atoms with Crippen molar-refractivity contribution in [2.75, 3.05) is 6.61 Å². The second kappa shape index (κ2) is 5.73. The van der Waals surface area contributed by atoms with E-state index in [1.165, 1.54) is 0 Å². The van der Waals surface area contributed by atoms with Crippen molar-refractivity contribution in [3.63, 3.8) is 0 Å². The second-order valence-corrected chi connectivity index (χ2v) is 8.05. The van der Waals surface area contributed by atoms with Crippen LogP contribution in [0.25, 0.3) is 0 Å². The lowest BCUT2D eigenvalue weighted by molar-refractivity contribution is -0.176. The third-order valence-corrected chi connectivity index (χ3v) is 6.36. The molecule has 0 unspecified atom stereocenters. The smallest absolute Gasteiger partial charge is 0.190 e. The van der Waals surface area contributed by atoms with Crippen molar-refractivity contribution in [1.29, 1.82) is 0 Å². The molecular formula is C20H26O5. The lowest BCUT2D eigenvalue weighted by atomic mass is 9.56. The number of aliphatic hydroxyl groups excluding tert-OH is 1. The number of rotatable bonds is 2. The first-order chi connectivity index (χ1) is 11.6. The van der Waals surface area contributed by atoms with Crippen LogP contribution in [0.3, 0.4) is 0 Å². The number of fused-ring (bicyclic) bond motifs is 3. The van der Waals surface area contributed by atoms with Gasteiger partial charge >= 0.3 is 0 Å². The third-order valence-electron chi connectivity index (χ3n) is 6.36. The highest BCUT2D eigenvalue weighted by Crippen LogP contribution is 2.56. The molecule has 0 heterocycles. The van der Waals surface area contributed by atoms with E-state index in [-0.39, 0.29) is 25.2 Å². The van der Waals surface area contributed by atoms with Crippen LogP contribution < -0.4 is 0 Å². The summed E-state index contributed by atoms with van der Waals surface area (Å²) >= 11 is 0. The standard InChI is InChI=1S/C20H26O5/c1-10(2)17-14-7-13(9-21)8-19(24)16(5-11(3)18(19)23)20(14,25)12(4)6-15(17)22/h5,7,12,14,16-17,21,24-25H,1,6,8-9H2,2-4H3/t12-,14-,16+,17-,19+,20+/m0/s1. The number of hydrogen-bond acceptors (Lipinski definition) is 5. The summed E-state index contributed by atoms with van der Waals surface area (Å²) in [4.78, 5) is 25.3. The molecular weight excluding hydrogens is 320 g/mol. The molecule has 0 aromatic rings. The van der Waals surface area contributed by atoms with Gasteiger partial charge in [-0.3, -0.25) is 9.59 Å². The summed E-state index contributed by atoms with van der Waals surface area (Å²) < 4.78 is 0. The van der Waals surface area contributed by atoms with Crippen LogP contribution in [-0.2, 0) is 9.59 Å². The molecule has 0 saturated heterocycles. The molecule has 0 bridgehead atoms. The highest BCUT2D eigenvalue weighted by Gasteiger charge is 2.65. The fraction of sp³-hybridized carbons (Fsp3) is 0.600. The van der Waals surface area contributed by atoms with Crippen molar-refractivity contribution in [2.45, 2.75) is 44.8 Å². The van der Waals surface area contributed by atoms with Crippen molar-refractivity contribution in [3.05, 3.63) is 35.5 Å². The summed E-state index contributed by atoms with van der Waals surface area (Å²) in [7, 11) is 0. The minimum atomic E-state index is -1.78. The van der Waals surface area contributed by atoms with E-state index in [9.17, 15) is 24.9 Å². The molecule has 6 atom stereocenters. The van der Waals surface area contributed by atoms with E-state index in [1.807, 2.05) is 0 Å². The Morgan fingerprint density at radius 1 is 1.32 bits per heavy atom. The van der Waals surface area contributed by atoms with E-state index in [1.54, 1.807) is 32.9 Å². The SMILES string of the molecule is C=C(C)[C@@H]1C(=O)C[C@H](C)[C@@]2(O)[C@H]1C=C(CO)C[C@]1(O)C(=O)C(C)=C[C@@H]21. The highest BCUT2D eigenvalue weighted by molar-refractivity contribution is 6.05. The molecule has 25 heavy (non-hydrogen) atoms. The van der Waals surface area contributed by atoms with Gasteiger partial charge in [-0.2, -0.15) is 0 Å². The quantitative estimate of drug-likeness (QED) is 0.656. The molecule has 3 aliphatic carbocycles. The number of hydrogen-bond donors (Lipinski definition) is 3. The zero-order valence-electron chi connectivity index (χ0n) is 15.0. The summed E-state index contributed by atoms with van der Waals surface area (Å²) in [5.41, 5.74) is -1.72. The van der Waals surface area contributed by atoms with Crippen molar-refractivity contribution < 1.29 is 24.9 Å². The van der Waals surface area contributed by atoms with E-state index >= 15 is 0 Å². The van der Waals surface area contributed by atoms with Crippen molar-refractivity contribution in [3.8, 4) is 0 Å². The minimum Gasteiger partial charge on any atom is -0.392 e. The number of ketones is 2. The van der Waals surface area contributed by atoms with Crippen LogP contribution in [-0.4, -0.2) is 44.7 Å². The molecule has 0 radical (unpaired) electrons. The number of carbonyl (C=O) groups excluding carboxylic acids is 2. The van der Waals surface area contributed by atoms with Gasteiger partial charge in [0, 0.05) is 30.6 Å². The maximum atomic E-state index is 12.7. The number of allylic oxidation sites excluding steroid dienone is 1. The summed E-state index contributed by atoms with van der Waals surface area (Å²) in [6.07, 6.45) is 3.47. The highest BCUT2D eigenvalue weighted by atomic mass is 16.3. The first kappa shape index (κ1) is 18.2. The van der Waals surface area contributed by atoms with E-state index in [0.29, 0.717) is 16.7 Å². The summed E-state index contributed by atoms with van der Waals surface area (Å²) in [5.74, 6) is -2.88. The molecule has 3 rings (SSSR count). The first-order valence-electron chi connectivity index (χ1n) is 8.73. The molecule has 0 aromatic heterocycles.